The standard InChI is InChI=1S/C10H8F2O/c11-6-1-2-7(9(12)5-6)8-3-4-10(8)13/h1-2,5,8H,3-4H2/t8-/m1/s1. The number of rotatable bonds is 1. The molecule has 3 heteroatoms. The molecule has 1 aromatic rings. The van der Waals surface area contributed by atoms with Gasteiger partial charge in [-0.3, -0.25) is 4.79 Å². The molecule has 0 aliphatic heterocycles. The lowest BCUT2D eigenvalue weighted by atomic mass is 9.78. The molecule has 1 aliphatic carbocycles. The van der Waals surface area contributed by atoms with E-state index < -0.39 is 11.6 Å². The van der Waals surface area contributed by atoms with Crippen LogP contribution < -0.4 is 0 Å². The quantitative estimate of drug-likeness (QED) is 0.651. The summed E-state index contributed by atoms with van der Waals surface area (Å²) in [5.74, 6) is -1.50. The van der Waals surface area contributed by atoms with Gasteiger partial charge in [0.1, 0.15) is 17.4 Å². The smallest absolute Gasteiger partial charge is 0.140 e. The summed E-state index contributed by atoms with van der Waals surface area (Å²) in [7, 11) is 0. The van der Waals surface area contributed by atoms with Gasteiger partial charge in [0.15, 0.2) is 0 Å². The van der Waals surface area contributed by atoms with E-state index in [-0.39, 0.29) is 11.7 Å². The molecule has 0 spiro atoms. The monoisotopic (exact) mass is 182 g/mol. The summed E-state index contributed by atoms with van der Waals surface area (Å²) in [5, 5.41) is 0. The van der Waals surface area contributed by atoms with Crippen LogP contribution in [0, 0.1) is 11.6 Å². The van der Waals surface area contributed by atoms with Gasteiger partial charge >= 0.3 is 0 Å². The van der Waals surface area contributed by atoms with Crippen LogP contribution in [0.15, 0.2) is 18.2 Å². The third kappa shape index (κ3) is 1.34. The molecule has 0 aromatic heterocycles. The van der Waals surface area contributed by atoms with Gasteiger partial charge in [0.2, 0.25) is 0 Å². The fourth-order valence-corrected chi connectivity index (χ4v) is 1.52. The fraction of sp³-hybridized carbons (Fsp3) is 0.300. The van der Waals surface area contributed by atoms with Crippen molar-refractivity contribution in [2.24, 2.45) is 0 Å². The maximum atomic E-state index is 13.1. The van der Waals surface area contributed by atoms with Crippen molar-refractivity contribution in [3.8, 4) is 0 Å². The number of hydrogen-bond acceptors (Lipinski definition) is 1. The summed E-state index contributed by atoms with van der Waals surface area (Å²) >= 11 is 0. The minimum absolute atomic E-state index is 0.0468. The van der Waals surface area contributed by atoms with Crippen LogP contribution in [-0.4, -0.2) is 5.78 Å². The molecule has 13 heavy (non-hydrogen) atoms. The number of halogens is 2. The lowest BCUT2D eigenvalue weighted by molar-refractivity contribution is -0.125. The number of benzene rings is 1. The molecule has 0 saturated heterocycles. The van der Waals surface area contributed by atoms with Crippen LogP contribution in [0.1, 0.15) is 24.3 Å². The first-order valence-electron chi connectivity index (χ1n) is 4.16. The molecule has 2 rings (SSSR count). The topological polar surface area (TPSA) is 17.1 Å². The van der Waals surface area contributed by atoms with Crippen molar-refractivity contribution >= 4 is 5.78 Å². The van der Waals surface area contributed by atoms with Crippen molar-refractivity contribution < 1.29 is 13.6 Å². The van der Waals surface area contributed by atoms with Gasteiger partial charge in [-0.05, 0) is 18.1 Å². The molecule has 0 bridgehead atoms. The molecule has 0 radical (unpaired) electrons. The van der Waals surface area contributed by atoms with Crippen molar-refractivity contribution in [2.75, 3.05) is 0 Å². The SMILES string of the molecule is O=C1CC[C@@H]1c1ccc(F)cc1F. The first-order valence-corrected chi connectivity index (χ1v) is 4.16. The molecular weight excluding hydrogens is 174 g/mol. The van der Waals surface area contributed by atoms with Crippen molar-refractivity contribution in [1.29, 1.82) is 0 Å². The molecule has 1 atom stereocenters. The molecule has 1 saturated carbocycles. The van der Waals surface area contributed by atoms with Gasteiger partial charge in [0.05, 0.1) is 0 Å². The second-order valence-electron chi connectivity index (χ2n) is 3.22. The van der Waals surface area contributed by atoms with Crippen LogP contribution in [0.2, 0.25) is 0 Å². The van der Waals surface area contributed by atoms with E-state index in [0.29, 0.717) is 18.4 Å². The maximum absolute atomic E-state index is 13.1. The average Bonchev–Trinajstić information content (AvgIpc) is 2.07. The van der Waals surface area contributed by atoms with Crippen LogP contribution in [-0.2, 0) is 4.79 Å². The third-order valence-electron chi connectivity index (χ3n) is 2.41. The summed E-state index contributed by atoms with van der Waals surface area (Å²) in [5.41, 5.74) is 0.331. The Labute approximate surface area is 74.4 Å². The Morgan fingerprint density at radius 3 is 2.54 bits per heavy atom. The number of Topliss-reactive ketones (excluding diaryl/α,β-unsaturated/α-hetero) is 1. The van der Waals surface area contributed by atoms with Crippen LogP contribution in [0.3, 0.4) is 0 Å². The normalized spacial score (nSPS) is 21.4. The zero-order valence-electron chi connectivity index (χ0n) is 6.89. The summed E-state index contributed by atoms with van der Waals surface area (Å²) < 4.78 is 25.6. The first kappa shape index (κ1) is 8.35. The number of ketones is 1. The second kappa shape index (κ2) is 2.91. The van der Waals surface area contributed by atoms with Crippen molar-refractivity contribution in [3.63, 3.8) is 0 Å². The van der Waals surface area contributed by atoms with Gasteiger partial charge < -0.3 is 0 Å². The Kier molecular flexibility index (Phi) is 1.87. The van der Waals surface area contributed by atoms with Gasteiger partial charge in [-0.1, -0.05) is 6.07 Å². The van der Waals surface area contributed by atoms with Crippen molar-refractivity contribution in [2.45, 2.75) is 18.8 Å². The predicted octanol–water partition coefficient (Wildman–Crippen LogP) is 2.41. The van der Waals surface area contributed by atoms with Crippen LogP contribution >= 0.6 is 0 Å². The van der Waals surface area contributed by atoms with Gasteiger partial charge in [-0.2, -0.15) is 0 Å². The van der Waals surface area contributed by atoms with Crippen molar-refractivity contribution in [1.82, 2.24) is 0 Å². The highest BCUT2D eigenvalue weighted by molar-refractivity contribution is 5.91. The predicted molar refractivity (Wildman–Crippen MR) is 43.3 cm³/mol. The molecule has 1 aromatic carbocycles. The minimum atomic E-state index is -0.613. The van der Waals surface area contributed by atoms with E-state index in [1.54, 1.807) is 0 Å². The molecule has 0 amide bonds. The Hall–Kier alpha value is -1.25. The summed E-state index contributed by atoms with van der Waals surface area (Å²) in [6.45, 7) is 0. The highest BCUT2D eigenvalue weighted by atomic mass is 19.1. The molecule has 0 unspecified atom stereocenters. The van der Waals surface area contributed by atoms with Crippen LogP contribution in [0.5, 0.6) is 0 Å². The van der Waals surface area contributed by atoms with E-state index in [0.717, 1.165) is 6.07 Å². The van der Waals surface area contributed by atoms with Gasteiger partial charge in [0.25, 0.3) is 0 Å². The number of carbonyl (C=O) groups excluding carboxylic acids is 1. The minimum Gasteiger partial charge on any atom is -0.299 e. The van der Waals surface area contributed by atoms with Crippen molar-refractivity contribution in [3.05, 3.63) is 35.4 Å². The van der Waals surface area contributed by atoms with E-state index in [2.05, 4.69) is 0 Å². The van der Waals surface area contributed by atoms with Gasteiger partial charge in [-0.25, -0.2) is 8.78 Å². The molecule has 0 N–H and O–H groups in total. The van der Waals surface area contributed by atoms with E-state index >= 15 is 0 Å². The highest BCUT2D eigenvalue weighted by Gasteiger charge is 2.31. The summed E-state index contributed by atoms with van der Waals surface area (Å²) in [6, 6.07) is 3.36. The summed E-state index contributed by atoms with van der Waals surface area (Å²) in [6.07, 6.45) is 1.20. The maximum Gasteiger partial charge on any atom is 0.140 e. The Bertz CT molecular complexity index is 360. The first-order chi connectivity index (χ1) is 6.18. The fourth-order valence-electron chi connectivity index (χ4n) is 1.52. The van der Waals surface area contributed by atoms with E-state index in [1.165, 1.54) is 12.1 Å². The third-order valence-corrected chi connectivity index (χ3v) is 2.41. The van der Waals surface area contributed by atoms with E-state index in [4.69, 9.17) is 0 Å². The van der Waals surface area contributed by atoms with Gasteiger partial charge in [0, 0.05) is 18.4 Å². The average molecular weight is 182 g/mol. The van der Waals surface area contributed by atoms with Crippen LogP contribution in [0.4, 0.5) is 8.78 Å². The second-order valence-corrected chi connectivity index (χ2v) is 3.22. The zero-order valence-corrected chi connectivity index (χ0v) is 6.89. The largest absolute Gasteiger partial charge is 0.299 e. The summed E-state index contributed by atoms with van der Waals surface area (Å²) in [4.78, 5) is 11.0. The Morgan fingerprint density at radius 2 is 2.08 bits per heavy atom. The van der Waals surface area contributed by atoms with E-state index in [9.17, 15) is 13.6 Å². The molecule has 68 valence electrons. The number of hydrogen-bond donors (Lipinski definition) is 0. The Balaban J connectivity index is 2.35. The lowest BCUT2D eigenvalue weighted by Gasteiger charge is -2.24. The lowest BCUT2D eigenvalue weighted by Crippen LogP contribution is -2.24. The molecule has 1 aliphatic rings. The van der Waals surface area contributed by atoms with Crippen LogP contribution in [0.25, 0.3) is 0 Å². The van der Waals surface area contributed by atoms with Gasteiger partial charge in [-0.15, -0.1) is 0 Å². The number of carbonyl (C=O) groups is 1. The zero-order chi connectivity index (χ0) is 9.42. The molecule has 0 heterocycles. The van der Waals surface area contributed by atoms with E-state index in [1.807, 2.05) is 0 Å². The molecule has 1 fully saturated rings. The molecule has 1 nitrogen and oxygen atoms in total. The highest BCUT2D eigenvalue weighted by Crippen LogP contribution is 2.34. The molecular formula is C10H8F2O. The Morgan fingerprint density at radius 1 is 1.31 bits per heavy atom.